The summed E-state index contributed by atoms with van der Waals surface area (Å²) in [6.45, 7) is 2.68. The molecule has 1 saturated heterocycles. The predicted octanol–water partition coefficient (Wildman–Crippen LogP) is 2.11. The van der Waals surface area contributed by atoms with Crippen LogP contribution in [0.3, 0.4) is 0 Å². The first-order valence-electron chi connectivity index (χ1n) is 6.65. The fourth-order valence-corrected chi connectivity index (χ4v) is 3.47. The van der Waals surface area contributed by atoms with Crippen LogP contribution in [-0.2, 0) is 0 Å². The molecule has 2 heteroatoms. The summed E-state index contributed by atoms with van der Waals surface area (Å²) >= 11 is 0. The highest BCUT2D eigenvalue weighted by molar-refractivity contribution is 4.83. The zero-order valence-electron chi connectivity index (χ0n) is 10.3. The molecule has 2 rings (SSSR count). The molecule has 1 aliphatic carbocycles. The third-order valence-corrected chi connectivity index (χ3v) is 4.51. The lowest BCUT2D eigenvalue weighted by Crippen LogP contribution is -2.39. The Kier molecular flexibility index (Phi) is 4.04. The molecule has 1 N–H and O–H groups in total. The van der Waals surface area contributed by atoms with Crippen molar-refractivity contribution in [1.82, 2.24) is 10.2 Å². The number of rotatable bonds is 2. The second-order valence-electron chi connectivity index (χ2n) is 5.56. The van der Waals surface area contributed by atoms with Gasteiger partial charge in [0.25, 0.3) is 0 Å². The average Bonchev–Trinajstić information content (AvgIpc) is 2.29. The maximum atomic E-state index is 3.43. The minimum absolute atomic E-state index is 0.808. The van der Waals surface area contributed by atoms with Crippen molar-refractivity contribution in [2.75, 3.05) is 27.2 Å². The summed E-state index contributed by atoms with van der Waals surface area (Å²) in [5, 5.41) is 3.43. The highest BCUT2D eigenvalue weighted by Crippen LogP contribution is 2.34. The Hall–Kier alpha value is -0.0800. The van der Waals surface area contributed by atoms with Crippen molar-refractivity contribution in [3.8, 4) is 0 Å². The van der Waals surface area contributed by atoms with E-state index in [0.29, 0.717) is 0 Å². The lowest BCUT2D eigenvalue weighted by atomic mass is 9.75. The fraction of sp³-hybridized carbons (Fsp3) is 1.00. The molecule has 0 bridgehead atoms. The predicted molar refractivity (Wildman–Crippen MR) is 65.0 cm³/mol. The van der Waals surface area contributed by atoms with Gasteiger partial charge in [-0.25, -0.2) is 0 Å². The lowest BCUT2D eigenvalue weighted by molar-refractivity contribution is 0.127. The Morgan fingerprint density at radius 2 is 1.73 bits per heavy atom. The van der Waals surface area contributed by atoms with Gasteiger partial charge in [-0.1, -0.05) is 0 Å². The minimum Gasteiger partial charge on any atom is -0.317 e. The van der Waals surface area contributed by atoms with E-state index >= 15 is 0 Å². The first-order valence-corrected chi connectivity index (χ1v) is 6.65. The molecule has 88 valence electrons. The summed E-state index contributed by atoms with van der Waals surface area (Å²) in [5.74, 6) is 2.03. The summed E-state index contributed by atoms with van der Waals surface area (Å²) in [6.07, 6.45) is 8.64. The number of hydrogen-bond donors (Lipinski definition) is 1. The molecule has 0 spiro atoms. The van der Waals surface area contributed by atoms with Crippen LogP contribution in [0.25, 0.3) is 0 Å². The lowest BCUT2D eigenvalue weighted by Gasteiger charge is -2.38. The van der Waals surface area contributed by atoms with E-state index in [-0.39, 0.29) is 0 Å². The Morgan fingerprint density at radius 3 is 2.33 bits per heavy atom. The van der Waals surface area contributed by atoms with Crippen LogP contribution in [0.5, 0.6) is 0 Å². The van der Waals surface area contributed by atoms with E-state index < -0.39 is 0 Å². The molecular weight excluding hydrogens is 184 g/mol. The van der Waals surface area contributed by atoms with Crippen LogP contribution in [0.1, 0.15) is 38.5 Å². The topological polar surface area (TPSA) is 15.3 Å². The van der Waals surface area contributed by atoms with Gasteiger partial charge in [-0.15, -0.1) is 0 Å². The van der Waals surface area contributed by atoms with Gasteiger partial charge in [0.15, 0.2) is 0 Å². The van der Waals surface area contributed by atoms with Crippen LogP contribution in [0, 0.1) is 11.8 Å². The van der Waals surface area contributed by atoms with E-state index in [9.17, 15) is 0 Å². The molecule has 0 aromatic carbocycles. The van der Waals surface area contributed by atoms with Crippen LogP contribution in [0.4, 0.5) is 0 Å². The standard InChI is InChI=1S/C13H26N2/c1-14-13-7-5-11(6-8-13)12-4-3-9-15(2)10-12/h11-14H,3-10H2,1-2H3. The summed E-state index contributed by atoms with van der Waals surface area (Å²) in [5.41, 5.74) is 0. The molecule has 0 amide bonds. The summed E-state index contributed by atoms with van der Waals surface area (Å²) in [6, 6.07) is 0.808. The first-order chi connectivity index (χ1) is 7.29. The van der Waals surface area contributed by atoms with Crippen molar-refractivity contribution in [2.24, 2.45) is 11.8 Å². The van der Waals surface area contributed by atoms with Gasteiger partial charge in [-0.2, -0.15) is 0 Å². The molecule has 0 aromatic heterocycles. The van der Waals surface area contributed by atoms with Crippen LogP contribution in [-0.4, -0.2) is 38.1 Å². The minimum atomic E-state index is 0.808. The van der Waals surface area contributed by atoms with E-state index in [1.807, 2.05) is 0 Å². The molecule has 15 heavy (non-hydrogen) atoms. The number of nitrogens with zero attached hydrogens (tertiary/aromatic N) is 1. The Bertz CT molecular complexity index is 185. The number of nitrogens with one attached hydrogen (secondary N) is 1. The highest BCUT2D eigenvalue weighted by atomic mass is 15.1. The number of likely N-dealkylation sites (tertiary alicyclic amines) is 1. The van der Waals surface area contributed by atoms with Crippen molar-refractivity contribution < 1.29 is 0 Å². The van der Waals surface area contributed by atoms with Crippen molar-refractivity contribution in [3.05, 3.63) is 0 Å². The fourth-order valence-electron chi connectivity index (χ4n) is 3.47. The number of piperidine rings is 1. The maximum absolute atomic E-state index is 3.43. The third kappa shape index (κ3) is 2.94. The molecular formula is C13H26N2. The van der Waals surface area contributed by atoms with E-state index in [1.54, 1.807) is 0 Å². The average molecular weight is 210 g/mol. The highest BCUT2D eigenvalue weighted by Gasteiger charge is 2.29. The molecule has 2 fully saturated rings. The summed E-state index contributed by atoms with van der Waals surface area (Å²) < 4.78 is 0. The normalized spacial score (nSPS) is 39.2. The largest absolute Gasteiger partial charge is 0.317 e. The van der Waals surface area contributed by atoms with E-state index in [2.05, 4.69) is 24.3 Å². The SMILES string of the molecule is CNC1CCC(C2CCCN(C)C2)CC1. The molecule has 0 radical (unpaired) electrons. The summed E-state index contributed by atoms with van der Waals surface area (Å²) in [4.78, 5) is 2.53. The van der Waals surface area contributed by atoms with Gasteiger partial charge in [-0.05, 0) is 71.0 Å². The maximum Gasteiger partial charge on any atom is 0.00642 e. The molecule has 1 saturated carbocycles. The van der Waals surface area contributed by atoms with Gasteiger partial charge in [-0.3, -0.25) is 0 Å². The van der Waals surface area contributed by atoms with Crippen molar-refractivity contribution in [1.29, 1.82) is 0 Å². The molecule has 1 unspecified atom stereocenters. The molecule has 1 atom stereocenters. The molecule has 2 aliphatic rings. The summed E-state index contributed by atoms with van der Waals surface area (Å²) in [7, 11) is 4.39. The van der Waals surface area contributed by atoms with Gasteiger partial charge in [0.1, 0.15) is 0 Å². The van der Waals surface area contributed by atoms with E-state index in [4.69, 9.17) is 0 Å². The first kappa shape index (κ1) is 11.4. The number of hydrogen-bond acceptors (Lipinski definition) is 2. The smallest absolute Gasteiger partial charge is 0.00642 e. The quantitative estimate of drug-likeness (QED) is 0.751. The Balaban J connectivity index is 1.79. The van der Waals surface area contributed by atoms with Crippen molar-refractivity contribution in [2.45, 2.75) is 44.6 Å². The van der Waals surface area contributed by atoms with Gasteiger partial charge in [0, 0.05) is 12.6 Å². The zero-order chi connectivity index (χ0) is 10.7. The van der Waals surface area contributed by atoms with Gasteiger partial charge in [0.05, 0.1) is 0 Å². The van der Waals surface area contributed by atoms with Crippen LogP contribution in [0.15, 0.2) is 0 Å². The Labute approximate surface area is 94.4 Å². The van der Waals surface area contributed by atoms with Crippen LogP contribution in [0.2, 0.25) is 0 Å². The second kappa shape index (κ2) is 5.31. The Morgan fingerprint density at radius 1 is 1.00 bits per heavy atom. The van der Waals surface area contributed by atoms with Crippen molar-refractivity contribution >= 4 is 0 Å². The molecule has 1 heterocycles. The van der Waals surface area contributed by atoms with Gasteiger partial charge >= 0.3 is 0 Å². The monoisotopic (exact) mass is 210 g/mol. The third-order valence-electron chi connectivity index (χ3n) is 4.51. The molecule has 0 aromatic rings. The molecule has 1 aliphatic heterocycles. The van der Waals surface area contributed by atoms with E-state index in [1.165, 1.54) is 51.6 Å². The zero-order valence-corrected chi connectivity index (χ0v) is 10.3. The second-order valence-corrected chi connectivity index (χ2v) is 5.56. The molecule has 2 nitrogen and oxygen atoms in total. The van der Waals surface area contributed by atoms with Crippen LogP contribution >= 0.6 is 0 Å². The van der Waals surface area contributed by atoms with Gasteiger partial charge in [0.2, 0.25) is 0 Å². The van der Waals surface area contributed by atoms with Crippen LogP contribution < -0.4 is 5.32 Å². The van der Waals surface area contributed by atoms with E-state index in [0.717, 1.165) is 17.9 Å². The van der Waals surface area contributed by atoms with Crippen molar-refractivity contribution in [3.63, 3.8) is 0 Å². The van der Waals surface area contributed by atoms with Gasteiger partial charge < -0.3 is 10.2 Å².